The molecule has 3 rings (SSSR count). The molecule has 8 heteroatoms. The zero-order valence-corrected chi connectivity index (χ0v) is 12.8. The van der Waals surface area contributed by atoms with Crippen molar-refractivity contribution < 1.29 is 14.3 Å². The average molecular weight is 315 g/mol. The lowest BCUT2D eigenvalue weighted by molar-refractivity contribution is 0.0514. The van der Waals surface area contributed by atoms with Crippen LogP contribution in [-0.4, -0.2) is 57.3 Å². The van der Waals surface area contributed by atoms with E-state index in [-0.39, 0.29) is 17.8 Å². The van der Waals surface area contributed by atoms with E-state index in [1.54, 1.807) is 35.5 Å². The number of carbonyl (C=O) groups is 1. The van der Waals surface area contributed by atoms with Crippen LogP contribution in [0.3, 0.4) is 0 Å². The second-order valence-electron chi connectivity index (χ2n) is 5.12. The van der Waals surface area contributed by atoms with Crippen LogP contribution < -0.4 is 9.47 Å². The summed E-state index contributed by atoms with van der Waals surface area (Å²) in [6.45, 7) is 1.15. The molecule has 0 radical (unpaired) electrons. The van der Waals surface area contributed by atoms with Gasteiger partial charge in [0.1, 0.15) is 6.10 Å². The van der Waals surface area contributed by atoms with Crippen LogP contribution in [0.4, 0.5) is 0 Å². The maximum Gasteiger partial charge on any atom is 0.291 e. The van der Waals surface area contributed by atoms with Crippen molar-refractivity contribution in [2.75, 3.05) is 20.2 Å². The highest BCUT2D eigenvalue weighted by Gasteiger charge is 2.27. The number of hydrogen-bond acceptors (Lipinski definition) is 7. The molecule has 0 aromatic carbocycles. The number of likely N-dealkylation sites (tertiary alicyclic amines) is 1. The van der Waals surface area contributed by atoms with Crippen LogP contribution in [-0.2, 0) is 0 Å². The highest BCUT2D eigenvalue weighted by Crippen LogP contribution is 2.18. The van der Waals surface area contributed by atoms with Gasteiger partial charge < -0.3 is 14.4 Å². The highest BCUT2D eigenvalue weighted by atomic mass is 16.5. The van der Waals surface area contributed by atoms with Crippen molar-refractivity contribution in [1.82, 2.24) is 25.1 Å². The first-order valence-electron chi connectivity index (χ1n) is 7.37. The van der Waals surface area contributed by atoms with Crippen LogP contribution in [0.25, 0.3) is 0 Å². The Kier molecular flexibility index (Phi) is 4.60. The minimum absolute atomic E-state index is 0.126. The van der Waals surface area contributed by atoms with Crippen molar-refractivity contribution in [2.24, 2.45) is 0 Å². The van der Waals surface area contributed by atoms with Crippen molar-refractivity contribution in [3.05, 3.63) is 36.4 Å². The molecular formula is C15H17N5O3. The smallest absolute Gasteiger partial charge is 0.291 e. The van der Waals surface area contributed by atoms with Crippen molar-refractivity contribution in [1.29, 1.82) is 0 Å². The largest absolute Gasteiger partial charge is 0.480 e. The average Bonchev–Trinajstić information content (AvgIpc) is 2.63. The van der Waals surface area contributed by atoms with Crippen molar-refractivity contribution >= 4 is 5.91 Å². The van der Waals surface area contributed by atoms with E-state index in [4.69, 9.17) is 9.47 Å². The van der Waals surface area contributed by atoms with Gasteiger partial charge in [0.15, 0.2) is 0 Å². The highest BCUT2D eigenvalue weighted by molar-refractivity contribution is 5.90. The number of rotatable bonds is 4. The first-order valence-corrected chi connectivity index (χ1v) is 7.37. The van der Waals surface area contributed by atoms with Crippen molar-refractivity contribution in [3.8, 4) is 11.8 Å². The number of piperidine rings is 1. The molecule has 1 unspecified atom stereocenters. The Balaban J connectivity index is 1.62. The third-order valence-electron chi connectivity index (χ3n) is 3.53. The summed E-state index contributed by atoms with van der Waals surface area (Å²) in [6, 6.07) is 5.07. The number of aromatic nitrogens is 4. The molecule has 1 aliphatic heterocycles. The van der Waals surface area contributed by atoms with Gasteiger partial charge in [0.05, 0.1) is 13.7 Å². The predicted molar refractivity (Wildman–Crippen MR) is 80.2 cm³/mol. The minimum Gasteiger partial charge on any atom is -0.480 e. The molecule has 8 nitrogen and oxygen atoms in total. The fourth-order valence-corrected chi connectivity index (χ4v) is 2.42. The summed E-state index contributed by atoms with van der Waals surface area (Å²) in [5.74, 6) is 0.872. The van der Waals surface area contributed by atoms with Crippen LogP contribution in [0, 0.1) is 0 Å². The topological polar surface area (TPSA) is 90.3 Å². The molecule has 0 bridgehead atoms. The van der Waals surface area contributed by atoms with E-state index < -0.39 is 0 Å². The molecule has 1 aliphatic rings. The lowest BCUT2D eigenvalue weighted by atomic mass is 10.1. The van der Waals surface area contributed by atoms with Crippen LogP contribution in [0.1, 0.15) is 23.5 Å². The standard InChI is InChI=1S/C15H17N5O3/c1-22-12-5-6-13(19-18-12)23-11-4-2-9-20(10-11)15(21)14-16-7-3-8-17-14/h3,5-8,11H,2,4,9-10H2,1H3. The van der Waals surface area contributed by atoms with E-state index in [0.29, 0.717) is 24.8 Å². The molecule has 3 heterocycles. The summed E-state index contributed by atoms with van der Waals surface area (Å²) in [4.78, 5) is 22.1. The second kappa shape index (κ2) is 6.99. The number of hydrogen-bond donors (Lipinski definition) is 0. The van der Waals surface area contributed by atoms with E-state index in [1.807, 2.05) is 0 Å². The lowest BCUT2D eigenvalue weighted by Gasteiger charge is -2.32. The maximum absolute atomic E-state index is 12.4. The molecule has 23 heavy (non-hydrogen) atoms. The molecule has 1 fully saturated rings. The Bertz CT molecular complexity index is 650. The van der Waals surface area contributed by atoms with Gasteiger partial charge in [-0.05, 0) is 18.9 Å². The third kappa shape index (κ3) is 3.71. The molecular weight excluding hydrogens is 298 g/mol. The van der Waals surface area contributed by atoms with Crippen molar-refractivity contribution in [3.63, 3.8) is 0 Å². The lowest BCUT2D eigenvalue weighted by Crippen LogP contribution is -2.45. The zero-order chi connectivity index (χ0) is 16.1. The second-order valence-corrected chi connectivity index (χ2v) is 5.12. The number of amides is 1. The summed E-state index contributed by atoms with van der Waals surface area (Å²) in [5, 5.41) is 7.81. The molecule has 0 aliphatic carbocycles. The first-order chi connectivity index (χ1) is 11.3. The molecule has 2 aromatic rings. The number of nitrogens with zero attached hydrogens (tertiary/aromatic N) is 5. The summed E-state index contributed by atoms with van der Waals surface area (Å²) >= 11 is 0. The Hall–Kier alpha value is -2.77. The summed E-state index contributed by atoms with van der Waals surface area (Å²) in [7, 11) is 1.53. The molecule has 1 saturated heterocycles. The van der Waals surface area contributed by atoms with Gasteiger partial charge in [-0.25, -0.2) is 9.97 Å². The Labute approximate surface area is 133 Å². The number of ether oxygens (including phenoxy) is 2. The van der Waals surface area contributed by atoms with E-state index in [2.05, 4.69) is 20.2 Å². The Morgan fingerprint density at radius 3 is 2.65 bits per heavy atom. The van der Waals surface area contributed by atoms with E-state index in [1.165, 1.54) is 7.11 Å². The van der Waals surface area contributed by atoms with Gasteiger partial charge >= 0.3 is 0 Å². The van der Waals surface area contributed by atoms with Crippen LogP contribution >= 0.6 is 0 Å². The van der Waals surface area contributed by atoms with Crippen molar-refractivity contribution in [2.45, 2.75) is 18.9 Å². The van der Waals surface area contributed by atoms with Gasteiger partial charge in [0.25, 0.3) is 5.91 Å². The maximum atomic E-state index is 12.4. The number of methoxy groups -OCH3 is 1. The summed E-state index contributed by atoms with van der Waals surface area (Å²) in [6.07, 6.45) is 4.70. The van der Waals surface area contributed by atoms with Gasteiger partial charge in [0.2, 0.25) is 17.6 Å². The molecule has 2 aromatic heterocycles. The zero-order valence-electron chi connectivity index (χ0n) is 12.8. The van der Waals surface area contributed by atoms with E-state index >= 15 is 0 Å². The SMILES string of the molecule is COc1ccc(OC2CCCN(C(=O)c3ncccn3)C2)nn1. The summed E-state index contributed by atoms with van der Waals surface area (Å²) in [5.41, 5.74) is 0. The van der Waals surface area contributed by atoms with Crippen LogP contribution in [0.5, 0.6) is 11.8 Å². The minimum atomic E-state index is -0.181. The monoisotopic (exact) mass is 315 g/mol. The van der Waals surface area contributed by atoms with Gasteiger partial charge in [-0.2, -0.15) is 0 Å². The molecule has 1 atom stereocenters. The summed E-state index contributed by atoms with van der Waals surface area (Å²) < 4.78 is 10.8. The van der Waals surface area contributed by atoms with Gasteiger partial charge in [-0.15, -0.1) is 10.2 Å². The van der Waals surface area contributed by atoms with Crippen LogP contribution in [0.15, 0.2) is 30.6 Å². The van der Waals surface area contributed by atoms with Gasteiger partial charge in [0, 0.05) is 31.1 Å². The molecule has 120 valence electrons. The van der Waals surface area contributed by atoms with Gasteiger partial charge in [-0.1, -0.05) is 0 Å². The molecule has 0 saturated carbocycles. The molecule has 1 amide bonds. The first kappa shape index (κ1) is 15.1. The molecule has 0 spiro atoms. The Morgan fingerprint density at radius 1 is 1.22 bits per heavy atom. The Morgan fingerprint density at radius 2 is 1.96 bits per heavy atom. The normalized spacial score (nSPS) is 17.6. The predicted octanol–water partition coefficient (Wildman–Crippen LogP) is 0.959. The van der Waals surface area contributed by atoms with E-state index in [9.17, 15) is 4.79 Å². The van der Waals surface area contributed by atoms with Gasteiger partial charge in [-0.3, -0.25) is 4.79 Å². The molecule has 0 N–H and O–H groups in total. The quantitative estimate of drug-likeness (QED) is 0.830. The third-order valence-corrected chi connectivity index (χ3v) is 3.53. The fourth-order valence-electron chi connectivity index (χ4n) is 2.42. The fraction of sp³-hybridized carbons (Fsp3) is 0.400. The van der Waals surface area contributed by atoms with E-state index in [0.717, 1.165) is 12.8 Å². The number of carbonyl (C=O) groups excluding carboxylic acids is 1. The van der Waals surface area contributed by atoms with Crippen LogP contribution in [0.2, 0.25) is 0 Å².